The molecule has 2 aromatic heterocycles. The lowest BCUT2D eigenvalue weighted by Gasteiger charge is -2.27. The Bertz CT molecular complexity index is 883. The van der Waals surface area contributed by atoms with Gasteiger partial charge in [0.25, 0.3) is 5.91 Å². The second-order valence-electron chi connectivity index (χ2n) is 5.68. The highest BCUT2D eigenvalue weighted by Crippen LogP contribution is 2.29. The highest BCUT2D eigenvalue weighted by Gasteiger charge is 2.26. The van der Waals surface area contributed by atoms with Crippen molar-refractivity contribution in [3.63, 3.8) is 0 Å². The van der Waals surface area contributed by atoms with Crippen LogP contribution in [-0.2, 0) is 4.74 Å². The zero-order valence-electron chi connectivity index (χ0n) is 14.1. The van der Waals surface area contributed by atoms with Crippen LogP contribution in [0.2, 0.25) is 0 Å². The van der Waals surface area contributed by atoms with E-state index in [4.69, 9.17) is 4.74 Å². The van der Waals surface area contributed by atoms with Crippen molar-refractivity contribution in [3.8, 4) is 5.75 Å². The number of aromatic hydroxyl groups is 1. The number of amides is 1. The highest BCUT2D eigenvalue weighted by molar-refractivity contribution is 6.02. The Labute approximate surface area is 145 Å². The van der Waals surface area contributed by atoms with Gasteiger partial charge < -0.3 is 14.7 Å². The Morgan fingerprint density at radius 3 is 2.68 bits per heavy atom. The molecule has 3 rings (SSSR count). The minimum atomic E-state index is -0.363. The normalized spacial score (nSPS) is 12.1. The van der Waals surface area contributed by atoms with Crippen LogP contribution in [0.3, 0.4) is 0 Å². The molecule has 25 heavy (non-hydrogen) atoms. The summed E-state index contributed by atoms with van der Waals surface area (Å²) in [5.74, 6) is -0.440. The van der Waals surface area contributed by atoms with E-state index in [0.29, 0.717) is 12.1 Å². The average molecular weight is 337 g/mol. The maximum Gasteiger partial charge on any atom is 0.258 e. The summed E-state index contributed by atoms with van der Waals surface area (Å²) in [6, 6.07) is 12.2. The van der Waals surface area contributed by atoms with E-state index < -0.39 is 0 Å². The molecule has 2 heterocycles. The lowest BCUT2D eigenvalue weighted by molar-refractivity contribution is 0.0592. The molecule has 0 spiro atoms. The van der Waals surface area contributed by atoms with Gasteiger partial charge in [0.05, 0.1) is 23.9 Å². The van der Waals surface area contributed by atoms with Crippen LogP contribution in [0.25, 0.3) is 10.9 Å². The fraction of sp³-hybridized carbons (Fsp3) is 0.211. The van der Waals surface area contributed by atoms with Gasteiger partial charge in [-0.15, -0.1) is 0 Å². The van der Waals surface area contributed by atoms with Crippen LogP contribution in [0.15, 0.2) is 54.9 Å². The molecular formula is C19H19N3O3. The number of ether oxygens (including phenoxy) is 1. The lowest BCUT2D eigenvalue weighted by Crippen LogP contribution is -2.34. The quantitative estimate of drug-likeness (QED) is 0.775. The number of methoxy groups -OCH3 is 1. The zero-order chi connectivity index (χ0) is 17.8. The van der Waals surface area contributed by atoms with Gasteiger partial charge in [-0.2, -0.15) is 0 Å². The van der Waals surface area contributed by atoms with Crippen LogP contribution in [0.5, 0.6) is 5.75 Å². The fourth-order valence-corrected chi connectivity index (χ4v) is 2.76. The van der Waals surface area contributed by atoms with Crippen molar-refractivity contribution in [3.05, 3.63) is 66.1 Å². The predicted molar refractivity (Wildman–Crippen MR) is 94.4 cm³/mol. The van der Waals surface area contributed by atoms with E-state index in [1.165, 1.54) is 4.90 Å². The molecule has 1 aromatic carbocycles. The summed E-state index contributed by atoms with van der Waals surface area (Å²) < 4.78 is 5.26. The molecule has 0 aliphatic heterocycles. The molecule has 1 N–H and O–H groups in total. The second kappa shape index (κ2) is 7.27. The van der Waals surface area contributed by atoms with Crippen LogP contribution in [-0.4, -0.2) is 46.6 Å². The number of phenols is 1. The number of carbonyl (C=O) groups is 1. The third-order valence-corrected chi connectivity index (χ3v) is 4.12. The molecule has 1 atom stereocenters. The predicted octanol–water partition coefficient (Wildman–Crippen LogP) is 2.80. The SMILES string of the molecule is COC[C@H](c1ccccn1)N(C)C(=O)c1ccc2cccnc2c1O. The molecule has 0 saturated carbocycles. The minimum Gasteiger partial charge on any atom is -0.505 e. The van der Waals surface area contributed by atoms with Gasteiger partial charge in [-0.1, -0.05) is 18.2 Å². The van der Waals surface area contributed by atoms with Crippen molar-refractivity contribution >= 4 is 16.8 Å². The standard InChI is InChI=1S/C19H19N3O3/c1-22(16(12-25-2)15-7-3-4-10-20-15)19(24)14-9-8-13-6-5-11-21-17(13)18(14)23/h3-11,16,23H,12H2,1-2H3/t16-/m1/s1. The molecule has 0 bridgehead atoms. The van der Waals surface area contributed by atoms with Gasteiger partial charge in [0.15, 0.2) is 5.75 Å². The largest absolute Gasteiger partial charge is 0.505 e. The second-order valence-corrected chi connectivity index (χ2v) is 5.68. The van der Waals surface area contributed by atoms with Crippen LogP contribution >= 0.6 is 0 Å². The number of nitrogens with zero attached hydrogens (tertiary/aromatic N) is 3. The summed E-state index contributed by atoms with van der Waals surface area (Å²) in [6.45, 7) is 0.297. The summed E-state index contributed by atoms with van der Waals surface area (Å²) in [5.41, 5.74) is 1.33. The van der Waals surface area contributed by atoms with Gasteiger partial charge in [-0.25, -0.2) is 0 Å². The molecule has 0 aliphatic carbocycles. The Balaban J connectivity index is 1.97. The molecule has 0 radical (unpaired) electrons. The Hall–Kier alpha value is -2.99. The molecule has 1 amide bonds. The first-order valence-corrected chi connectivity index (χ1v) is 7.87. The van der Waals surface area contributed by atoms with E-state index in [9.17, 15) is 9.90 Å². The smallest absolute Gasteiger partial charge is 0.258 e. The van der Waals surface area contributed by atoms with Crippen molar-refractivity contribution in [1.82, 2.24) is 14.9 Å². The van der Waals surface area contributed by atoms with Gasteiger partial charge in [0.2, 0.25) is 0 Å². The lowest BCUT2D eigenvalue weighted by atomic mass is 10.1. The number of aromatic nitrogens is 2. The first-order chi connectivity index (χ1) is 12.1. The number of likely N-dealkylation sites (N-methyl/N-ethyl adjacent to an activating group) is 1. The number of fused-ring (bicyclic) bond motifs is 1. The third-order valence-electron chi connectivity index (χ3n) is 4.12. The molecule has 6 heteroatoms. The molecule has 3 aromatic rings. The molecule has 0 unspecified atom stereocenters. The Morgan fingerprint density at radius 2 is 1.96 bits per heavy atom. The van der Waals surface area contributed by atoms with Crippen LogP contribution in [0.1, 0.15) is 22.1 Å². The van der Waals surface area contributed by atoms with Gasteiger partial charge in [-0.3, -0.25) is 14.8 Å². The first kappa shape index (κ1) is 16.9. The summed E-state index contributed by atoms with van der Waals surface area (Å²) in [7, 11) is 3.24. The van der Waals surface area contributed by atoms with Crippen molar-refractivity contribution in [2.75, 3.05) is 20.8 Å². The van der Waals surface area contributed by atoms with Crippen LogP contribution in [0.4, 0.5) is 0 Å². The zero-order valence-corrected chi connectivity index (χ0v) is 14.1. The molecule has 0 fully saturated rings. The summed E-state index contributed by atoms with van der Waals surface area (Å²) in [5, 5.41) is 11.3. The van der Waals surface area contributed by atoms with Gasteiger partial charge in [-0.05, 0) is 24.3 Å². The number of benzene rings is 1. The molecule has 0 saturated heterocycles. The Kier molecular flexibility index (Phi) is 4.90. The van der Waals surface area contributed by atoms with E-state index in [2.05, 4.69) is 9.97 Å². The summed E-state index contributed by atoms with van der Waals surface area (Å²) >= 11 is 0. The minimum absolute atomic E-state index is 0.118. The average Bonchev–Trinajstić information content (AvgIpc) is 2.66. The van der Waals surface area contributed by atoms with Gasteiger partial charge in [0.1, 0.15) is 5.52 Å². The first-order valence-electron chi connectivity index (χ1n) is 7.87. The van der Waals surface area contributed by atoms with Gasteiger partial charge in [0, 0.05) is 31.9 Å². The maximum absolute atomic E-state index is 13.0. The maximum atomic E-state index is 13.0. The number of carbonyl (C=O) groups excluding carboxylic acids is 1. The number of phenolic OH excluding ortho intramolecular Hbond substituents is 1. The van der Waals surface area contributed by atoms with Gasteiger partial charge >= 0.3 is 0 Å². The van der Waals surface area contributed by atoms with Crippen molar-refractivity contribution in [1.29, 1.82) is 0 Å². The fourth-order valence-electron chi connectivity index (χ4n) is 2.76. The molecule has 0 aliphatic rings. The highest BCUT2D eigenvalue weighted by atomic mass is 16.5. The van der Waals surface area contributed by atoms with E-state index >= 15 is 0 Å². The van der Waals surface area contributed by atoms with Crippen LogP contribution < -0.4 is 0 Å². The van der Waals surface area contributed by atoms with Crippen LogP contribution in [0, 0.1) is 0 Å². The molecule has 128 valence electrons. The van der Waals surface area contributed by atoms with Crippen molar-refractivity contribution < 1.29 is 14.6 Å². The number of hydrogen-bond acceptors (Lipinski definition) is 5. The van der Waals surface area contributed by atoms with E-state index in [-0.39, 0.29) is 23.3 Å². The summed E-state index contributed by atoms with van der Waals surface area (Å²) in [4.78, 5) is 23.0. The number of pyridine rings is 2. The van der Waals surface area contributed by atoms with Crippen molar-refractivity contribution in [2.24, 2.45) is 0 Å². The monoisotopic (exact) mass is 337 g/mol. The molecular weight excluding hydrogens is 318 g/mol. The van der Waals surface area contributed by atoms with E-state index in [1.807, 2.05) is 24.3 Å². The Morgan fingerprint density at radius 1 is 1.16 bits per heavy atom. The number of hydrogen-bond donors (Lipinski definition) is 1. The summed E-state index contributed by atoms with van der Waals surface area (Å²) in [6.07, 6.45) is 3.26. The van der Waals surface area contributed by atoms with E-state index in [1.54, 1.807) is 44.8 Å². The molecule has 6 nitrogen and oxygen atoms in total. The van der Waals surface area contributed by atoms with Crippen molar-refractivity contribution in [2.45, 2.75) is 6.04 Å². The number of rotatable bonds is 5. The topological polar surface area (TPSA) is 75.5 Å². The third kappa shape index (κ3) is 3.29. The van der Waals surface area contributed by atoms with E-state index in [0.717, 1.165) is 11.1 Å².